The zero-order chi connectivity index (χ0) is 30.8. The molecule has 0 saturated heterocycles. The average molecular weight is 585 g/mol. The number of hydrogen-bond donors (Lipinski definition) is 0. The van der Waals surface area contributed by atoms with E-state index in [1.165, 1.54) is 24.3 Å². The molecule has 42 heavy (non-hydrogen) atoms. The molecule has 0 saturated carbocycles. The lowest BCUT2D eigenvalue weighted by Gasteiger charge is -2.19. The molecular weight excluding hydrogens is 562 g/mol. The van der Waals surface area contributed by atoms with Gasteiger partial charge in [-0.3, -0.25) is 19.2 Å². The Bertz CT molecular complexity index is 1680. The number of halogens is 6. The van der Waals surface area contributed by atoms with Crippen LogP contribution in [0.15, 0.2) is 78.9 Å². The lowest BCUT2D eigenvalue weighted by molar-refractivity contribution is -0.174. The van der Waals surface area contributed by atoms with E-state index < -0.39 is 48.3 Å². The third-order valence-electron chi connectivity index (χ3n) is 6.77. The minimum Gasteiger partial charge on any atom is -0.290 e. The zero-order valence-electron chi connectivity index (χ0n) is 22.0. The first kappa shape index (κ1) is 30.4. The Labute approximate surface area is 236 Å². The highest BCUT2D eigenvalue weighted by atomic mass is 19.4. The highest BCUT2D eigenvalue weighted by Gasteiger charge is 2.43. The zero-order valence-corrected chi connectivity index (χ0v) is 22.0. The number of Topliss-reactive ketones (excluding diaryl/α,β-unsaturated/α-hetero) is 4. The molecule has 0 unspecified atom stereocenters. The van der Waals surface area contributed by atoms with Crippen LogP contribution in [0.2, 0.25) is 0 Å². The van der Waals surface area contributed by atoms with Crippen LogP contribution < -0.4 is 0 Å². The molecule has 0 N–H and O–H groups in total. The Morgan fingerprint density at radius 1 is 0.619 bits per heavy atom. The highest BCUT2D eigenvalue weighted by Crippen LogP contribution is 2.40. The Balaban J connectivity index is 1.74. The second kappa shape index (κ2) is 11.7. The summed E-state index contributed by atoms with van der Waals surface area (Å²) in [5.41, 5.74) is 4.28. The van der Waals surface area contributed by atoms with Gasteiger partial charge in [0.15, 0.2) is 0 Å². The van der Waals surface area contributed by atoms with Gasteiger partial charge < -0.3 is 0 Å². The second-order valence-electron chi connectivity index (χ2n) is 9.60. The first-order valence-electron chi connectivity index (χ1n) is 12.7. The van der Waals surface area contributed by atoms with Gasteiger partial charge in [-0.15, -0.1) is 0 Å². The lowest BCUT2D eigenvalue weighted by Crippen LogP contribution is -2.31. The van der Waals surface area contributed by atoms with Gasteiger partial charge in [-0.05, 0) is 62.2 Å². The number of aryl methyl sites for hydroxylation is 1. The molecule has 0 bridgehead atoms. The number of rotatable bonds is 9. The van der Waals surface area contributed by atoms with Crippen molar-refractivity contribution < 1.29 is 45.5 Å². The normalized spacial score (nSPS) is 11.9. The molecule has 216 valence electrons. The lowest BCUT2D eigenvalue weighted by atomic mass is 9.85. The molecule has 0 aliphatic carbocycles. The number of alkyl halides is 6. The molecule has 4 rings (SSSR count). The molecule has 0 radical (unpaired) electrons. The Hall–Kier alpha value is -4.60. The van der Waals surface area contributed by atoms with Gasteiger partial charge in [0.25, 0.3) is 0 Å². The van der Waals surface area contributed by atoms with Gasteiger partial charge in [0, 0.05) is 12.8 Å². The number of benzene rings is 4. The highest BCUT2D eigenvalue weighted by molar-refractivity contribution is 6.40. The second-order valence-corrected chi connectivity index (χ2v) is 9.60. The van der Waals surface area contributed by atoms with Gasteiger partial charge in [0.2, 0.25) is 11.6 Å². The predicted octanol–water partition coefficient (Wildman–Crippen LogP) is 7.22. The van der Waals surface area contributed by atoms with Crippen molar-refractivity contribution in [2.75, 3.05) is 0 Å². The predicted molar refractivity (Wildman–Crippen MR) is 144 cm³/mol. The summed E-state index contributed by atoms with van der Waals surface area (Å²) in [7, 11) is 0. The van der Waals surface area contributed by atoms with Crippen LogP contribution in [0.4, 0.5) is 26.3 Å². The molecule has 4 aromatic rings. The molecule has 0 heterocycles. The maximum absolute atomic E-state index is 12.6. The molecule has 0 fully saturated rings. The van der Waals surface area contributed by atoms with Crippen molar-refractivity contribution in [3.8, 4) is 22.3 Å². The van der Waals surface area contributed by atoms with Crippen molar-refractivity contribution in [2.45, 2.75) is 38.5 Å². The fraction of sp³-hybridized carbons (Fsp3) is 0.188. The summed E-state index contributed by atoms with van der Waals surface area (Å²) in [6, 6.07) is 22.0. The van der Waals surface area contributed by atoms with Crippen LogP contribution in [0.5, 0.6) is 0 Å². The van der Waals surface area contributed by atoms with E-state index in [4.69, 9.17) is 0 Å². The van der Waals surface area contributed by atoms with Crippen LogP contribution in [-0.2, 0) is 38.4 Å². The van der Waals surface area contributed by atoms with Crippen LogP contribution in [0.3, 0.4) is 0 Å². The Kier molecular flexibility index (Phi) is 8.47. The van der Waals surface area contributed by atoms with Crippen LogP contribution in [0, 0.1) is 0 Å². The summed E-state index contributed by atoms with van der Waals surface area (Å²) < 4.78 is 75.7. The third kappa shape index (κ3) is 6.48. The van der Waals surface area contributed by atoms with E-state index >= 15 is 0 Å². The quantitative estimate of drug-likeness (QED) is 0.154. The van der Waals surface area contributed by atoms with E-state index in [-0.39, 0.29) is 11.1 Å². The van der Waals surface area contributed by atoms with Gasteiger partial charge in [0.1, 0.15) is 0 Å². The molecule has 10 heteroatoms. The van der Waals surface area contributed by atoms with Crippen LogP contribution in [0.25, 0.3) is 33.0 Å². The molecule has 0 atom stereocenters. The standard InChI is InChI=1S/C32H22F6O4/c1-2-23-24-6-4-3-5-22(24)17-25(20-11-7-18(8-12-20)15-26(39)29(41)31(33,34)35)28(23)21-13-9-19(10-14-21)16-27(40)30(42)32(36,37)38/h3-14,17H,2,15-16H2,1H3. The smallest absolute Gasteiger partial charge is 0.290 e. The third-order valence-corrected chi connectivity index (χ3v) is 6.77. The number of hydrogen-bond acceptors (Lipinski definition) is 4. The number of carbonyl (C=O) groups excluding carboxylic acids is 4. The summed E-state index contributed by atoms with van der Waals surface area (Å²) in [4.78, 5) is 46.1. The monoisotopic (exact) mass is 584 g/mol. The van der Waals surface area contributed by atoms with Crippen molar-refractivity contribution in [3.63, 3.8) is 0 Å². The summed E-state index contributed by atoms with van der Waals surface area (Å²) in [6.07, 6.45) is -11.3. The fourth-order valence-electron chi connectivity index (χ4n) is 4.79. The van der Waals surface area contributed by atoms with Crippen molar-refractivity contribution in [2.24, 2.45) is 0 Å². The molecule has 0 aliphatic rings. The maximum atomic E-state index is 12.6. The summed E-state index contributed by atoms with van der Waals surface area (Å²) in [5.74, 6) is -7.95. The molecule has 4 nitrogen and oxygen atoms in total. The Morgan fingerprint density at radius 3 is 1.52 bits per heavy atom. The van der Waals surface area contributed by atoms with Crippen LogP contribution in [-0.4, -0.2) is 35.5 Å². The molecule has 0 amide bonds. The number of ketones is 4. The summed E-state index contributed by atoms with van der Waals surface area (Å²) in [5, 5.41) is 1.87. The van der Waals surface area contributed by atoms with E-state index in [0.717, 1.165) is 27.5 Å². The van der Waals surface area contributed by atoms with Crippen molar-refractivity contribution in [1.29, 1.82) is 0 Å². The molecule has 0 aliphatic heterocycles. The van der Waals surface area contributed by atoms with Crippen LogP contribution >= 0.6 is 0 Å². The van der Waals surface area contributed by atoms with E-state index in [9.17, 15) is 45.5 Å². The average Bonchev–Trinajstić information content (AvgIpc) is 2.95. The van der Waals surface area contributed by atoms with Crippen LogP contribution in [0.1, 0.15) is 23.6 Å². The SMILES string of the molecule is CCc1c(-c2ccc(CC(=O)C(=O)C(F)(F)F)cc2)c(-c2ccc(CC(=O)C(=O)C(F)(F)F)cc2)cc2ccccc12. The minimum atomic E-state index is -5.25. The van der Waals surface area contributed by atoms with Gasteiger partial charge in [-0.2, -0.15) is 26.3 Å². The maximum Gasteiger partial charge on any atom is 0.458 e. The topological polar surface area (TPSA) is 68.3 Å². The molecule has 4 aromatic carbocycles. The van der Waals surface area contributed by atoms with Gasteiger partial charge in [-0.25, -0.2) is 0 Å². The number of fused-ring (bicyclic) bond motifs is 1. The van der Waals surface area contributed by atoms with E-state index in [1.54, 1.807) is 24.3 Å². The summed E-state index contributed by atoms with van der Waals surface area (Å²) in [6.45, 7) is 1.96. The van der Waals surface area contributed by atoms with E-state index in [1.807, 2.05) is 37.3 Å². The van der Waals surface area contributed by atoms with Gasteiger partial charge in [0.05, 0.1) is 0 Å². The summed E-state index contributed by atoms with van der Waals surface area (Å²) >= 11 is 0. The Morgan fingerprint density at radius 2 is 1.07 bits per heavy atom. The van der Waals surface area contributed by atoms with Crippen molar-refractivity contribution in [3.05, 3.63) is 95.6 Å². The fourth-order valence-corrected chi connectivity index (χ4v) is 4.79. The molecule has 0 spiro atoms. The van der Waals surface area contributed by atoms with Crippen molar-refractivity contribution >= 4 is 33.9 Å². The molecule has 0 aromatic heterocycles. The first-order valence-corrected chi connectivity index (χ1v) is 12.7. The molecular formula is C32H22F6O4. The minimum absolute atomic E-state index is 0.224. The van der Waals surface area contributed by atoms with E-state index in [0.29, 0.717) is 17.5 Å². The number of carbonyl (C=O) groups is 4. The largest absolute Gasteiger partial charge is 0.458 e. The van der Waals surface area contributed by atoms with Gasteiger partial charge in [-0.1, -0.05) is 79.7 Å². The van der Waals surface area contributed by atoms with E-state index in [2.05, 4.69) is 0 Å². The van der Waals surface area contributed by atoms with Crippen molar-refractivity contribution in [1.82, 2.24) is 0 Å². The first-order chi connectivity index (χ1) is 19.7. The van der Waals surface area contributed by atoms with Gasteiger partial charge >= 0.3 is 23.9 Å².